The van der Waals surface area contributed by atoms with E-state index in [-0.39, 0.29) is 11.9 Å². The van der Waals surface area contributed by atoms with Crippen molar-refractivity contribution in [3.63, 3.8) is 0 Å². The molecule has 1 aliphatic rings. The van der Waals surface area contributed by atoms with E-state index < -0.39 is 5.79 Å². The molecule has 0 N–H and O–H groups in total. The van der Waals surface area contributed by atoms with Crippen molar-refractivity contribution in [2.75, 3.05) is 0 Å². The lowest BCUT2D eigenvalue weighted by Crippen LogP contribution is -2.37. The summed E-state index contributed by atoms with van der Waals surface area (Å²) >= 11 is 0. The first-order valence-electron chi connectivity index (χ1n) is 4.47. The Bertz CT molecular complexity index is 360. The number of hydrogen-bond donors (Lipinski definition) is 0. The van der Waals surface area contributed by atoms with Crippen LogP contribution in [-0.2, 0) is 4.74 Å². The minimum absolute atomic E-state index is 0.302. The van der Waals surface area contributed by atoms with Crippen LogP contribution in [0.25, 0.3) is 0 Å². The second kappa shape index (κ2) is 2.95. The fourth-order valence-electron chi connectivity index (χ4n) is 1.56. The van der Waals surface area contributed by atoms with E-state index in [2.05, 4.69) is 6.92 Å². The van der Waals surface area contributed by atoms with Gasteiger partial charge in [0.1, 0.15) is 11.6 Å². The van der Waals surface area contributed by atoms with Gasteiger partial charge in [-0.05, 0) is 25.1 Å². The first-order chi connectivity index (χ1) is 6.48. The molecule has 1 aliphatic heterocycles. The molecule has 0 spiro atoms. The Labute approximate surface area is 82.6 Å². The summed E-state index contributed by atoms with van der Waals surface area (Å²) in [4.78, 5) is 0. The Balaban J connectivity index is 2.45. The highest BCUT2D eigenvalue weighted by Gasteiger charge is 2.32. The zero-order valence-corrected chi connectivity index (χ0v) is 8.21. The van der Waals surface area contributed by atoms with Crippen LogP contribution in [0.2, 0.25) is 0 Å². The van der Waals surface area contributed by atoms with Gasteiger partial charge in [-0.15, -0.1) is 0 Å². The number of fused-ring (bicyclic) bond motifs is 1. The van der Waals surface area contributed by atoms with E-state index in [9.17, 15) is 4.39 Å². The van der Waals surface area contributed by atoms with Crippen LogP contribution in [0, 0.1) is 12.7 Å². The van der Waals surface area contributed by atoms with E-state index in [0.29, 0.717) is 11.3 Å². The van der Waals surface area contributed by atoms with Gasteiger partial charge in [-0.1, -0.05) is 0 Å². The minimum Gasteiger partial charge on any atom is -0.463 e. The lowest BCUT2D eigenvalue weighted by Gasteiger charge is -2.36. The largest absolute Gasteiger partial charge is 0.463 e. The van der Waals surface area contributed by atoms with Crippen molar-refractivity contribution in [2.24, 2.45) is 0 Å². The maximum absolute atomic E-state index is 12.9. The van der Waals surface area contributed by atoms with Gasteiger partial charge in [0.15, 0.2) is 0 Å². The molecule has 0 bridgehead atoms. The van der Waals surface area contributed by atoms with Crippen LogP contribution >= 0.6 is 0 Å². The molecule has 0 saturated carbocycles. The zero-order chi connectivity index (χ0) is 10.3. The van der Waals surface area contributed by atoms with Gasteiger partial charge in [0.25, 0.3) is 0 Å². The molecule has 1 atom stereocenters. The molecular formula is C11H12FO2. The molecule has 75 valence electrons. The van der Waals surface area contributed by atoms with Crippen LogP contribution in [0.3, 0.4) is 0 Å². The van der Waals surface area contributed by atoms with Gasteiger partial charge in [0.05, 0.1) is 6.10 Å². The van der Waals surface area contributed by atoms with Crippen LogP contribution in [-0.4, -0.2) is 5.79 Å². The van der Waals surface area contributed by atoms with E-state index >= 15 is 0 Å². The van der Waals surface area contributed by atoms with Crippen LogP contribution in [0.5, 0.6) is 5.75 Å². The number of rotatable bonds is 0. The third-order valence-electron chi connectivity index (χ3n) is 2.10. The summed E-state index contributed by atoms with van der Waals surface area (Å²) < 4.78 is 23.9. The minimum atomic E-state index is -0.697. The van der Waals surface area contributed by atoms with Gasteiger partial charge < -0.3 is 9.47 Å². The summed E-state index contributed by atoms with van der Waals surface area (Å²) in [5.74, 6) is -0.357. The second-order valence-electron chi connectivity index (χ2n) is 3.79. The maximum Gasteiger partial charge on any atom is 0.205 e. The molecule has 0 amide bonds. The zero-order valence-electron chi connectivity index (χ0n) is 8.21. The smallest absolute Gasteiger partial charge is 0.205 e. The normalized spacial score (nSPS) is 23.9. The Kier molecular flexibility index (Phi) is 2.00. The summed E-state index contributed by atoms with van der Waals surface area (Å²) in [5, 5.41) is 0. The highest BCUT2D eigenvalue weighted by atomic mass is 19.1. The van der Waals surface area contributed by atoms with Crippen molar-refractivity contribution in [3.8, 4) is 5.75 Å². The Morgan fingerprint density at radius 3 is 2.86 bits per heavy atom. The quantitative estimate of drug-likeness (QED) is 0.633. The number of ether oxygens (including phenoxy) is 2. The number of hydrogen-bond acceptors (Lipinski definition) is 2. The lowest BCUT2D eigenvalue weighted by molar-refractivity contribution is -0.195. The van der Waals surface area contributed by atoms with Crippen molar-refractivity contribution >= 4 is 0 Å². The third-order valence-corrected chi connectivity index (χ3v) is 2.10. The summed E-state index contributed by atoms with van der Waals surface area (Å²) in [6, 6.07) is 4.36. The molecule has 1 aromatic rings. The average Bonchev–Trinajstić information content (AvgIpc) is 2.05. The van der Waals surface area contributed by atoms with Crippen molar-refractivity contribution in [1.29, 1.82) is 0 Å². The first kappa shape index (κ1) is 9.46. The molecule has 1 radical (unpaired) electrons. The van der Waals surface area contributed by atoms with E-state index in [1.165, 1.54) is 12.1 Å². The fraction of sp³-hybridized carbons (Fsp3) is 0.364. The van der Waals surface area contributed by atoms with Gasteiger partial charge in [-0.2, -0.15) is 0 Å². The van der Waals surface area contributed by atoms with Crippen molar-refractivity contribution in [2.45, 2.75) is 25.7 Å². The fourth-order valence-corrected chi connectivity index (χ4v) is 1.56. The molecular weight excluding hydrogens is 183 g/mol. The molecule has 0 saturated heterocycles. The standard InChI is InChI=1S/C11H12FO2/c1-7-9-6-8(12)4-5-10(9)14-11(2,3)13-7/h4-7H,1H2,2-3H3. The monoisotopic (exact) mass is 195 g/mol. The van der Waals surface area contributed by atoms with Crippen LogP contribution < -0.4 is 4.74 Å². The van der Waals surface area contributed by atoms with E-state index in [1.54, 1.807) is 19.9 Å². The van der Waals surface area contributed by atoms with E-state index in [0.717, 1.165) is 0 Å². The summed E-state index contributed by atoms with van der Waals surface area (Å²) in [6.07, 6.45) is -0.385. The number of benzene rings is 1. The topological polar surface area (TPSA) is 18.5 Å². The first-order valence-corrected chi connectivity index (χ1v) is 4.47. The predicted molar refractivity (Wildman–Crippen MR) is 50.3 cm³/mol. The SMILES string of the molecule is [CH2]C1OC(C)(C)Oc2ccc(F)cc21. The molecule has 2 rings (SSSR count). The lowest BCUT2D eigenvalue weighted by atomic mass is 10.1. The predicted octanol–water partition coefficient (Wildman–Crippen LogP) is 2.85. The maximum atomic E-state index is 12.9. The molecule has 0 fully saturated rings. The Morgan fingerprint density at radius 1 is 1.43 bits per heavy atom. The molecule has 1 aromatic carbocycles. The summed E-state index contributed by atoms with van der Waals surface area (Å²) in [5.41, 5.74) is 0.657. The Hall–Kier alpha value is -1.09. The summed E-state index contributed by atoms with van der Waals surface area (Å²) in [6.45, 7) is 7.41. The molecule has 0 aromatic heterocycles. The van der Waals surface area contributed by atoms with Crippen LogP contribution in [0.15, 0.2) is 18.2 Å². The molecule has 3 heteroatoms. The summed E-state index contributed by atoms with van der Waals surface area (Å²) in [7, 11) is 0. The molecule has 14 heavy (non-hydrogen) atoms. The van der Waals surface area contributed by atoms with Gasteiger partial charge in [-0.25, -0.2) is 4.39 Å². The molecule has 1 unspecified atom stereocenters. The van der Waals surface area contributed by atoms with Crippen molar-refractivity contribution < 1.29 is 13.9 Å². The van der Waals surface area contributed by atoms with E-state index in [4.69, 9.17) is 9.47 Å². The molecule has 0 aliphatic carbocycles. The van der Waals surface area contributed by atoms with Gasteiger partial charge >= 0.3 is 0 Å². The van der Waals surface area contributed by atoms with Gasteiger partial charge in [-0.3, -0.25) is 0 Å². The van der Waals surface area contributed by atoms with Gasteiger partial charge in [0, 0.05) is 19.4 Å². The Morgan fingerprint density at radius 2 is 2.14 bits per heavy atom. The van der Waals surface area contributed by atoms with Gasteiger partial charge in [0.2, 0.25) is 5.79 Å². The van der Waals surface area contributed by atoms with Crippen molar-refractivity contribution in [1.82, 2.24) is 0 Å². The highest BCUT2D eigenvalue weighted by molar-refractivity contribution is 5.37. The average molecular weight is 195 g/mol. The number of halogens is 1. The van der Waals surface area contributed by atoms with E-state index in [1.807, 2.05) is 0 Å². The van der Waals surface area contributed by atoms with Crippen LogP contribution in [0.1, 0.15) is 25.5 Å². The third kappa shape index (κ3) is 1.60. The molecule has 2 nitrogen and oxygen atoms in total. The van der Waals surface area contributed by atoms with Crippen molar-refractivity contribution in [3.05, 3.63) is 36.5 Å². The van der Waals surface area contributed by atoms with Crippen LogP contribution in [0.4, 0.5) is 4.39 Å². The molecule has 1 heterocycles. The highest BCUT2D eigenvalue weighted by Crippen LogP contribution is 2.38. The second-order valence-corrected chi connectivity index (χ2v) is 3.79.